The summed E-state index contributed by atoms with van der Waals surface area (Å²) < 4.78 is 11.6. The van der Waals surface area contributed by atoms with Gasteiger partial charge in [-0.1, -0.05) is 103 Å². The second kappa shape index (κ2) is 11.6. The molecular weight excluding hydrogens is 536 g/mol. The maximum atomic E-state index is 15.4. The molecule has 4 aromatic carbocycles. The number of rotatable bonds is 11. The number of allylic oxidation sites excluding steroid dienone is 1. The molecule has 2 heterocycles. The van der Waals surface area contributed by atoms with Crippen molar-refractivity contribution in [2.45, 2.75) is 43.1 Å². The zero-order valence-corrected chi connectivity index (χ0v) is 24.6. The Bertz CT molecular complexity index is 1630. The van der Waals surface area contributed by atoms with E-state index in [0.717, 1.165) is 33.6 Å². The van der Waals surface area contributed by atoms with E-state index in [1.54, 1.807) is 20.3 Å². The van der Waals surface area contributed by atoms with Gasteiger partial charge in [0.15, 0.2) is 6.29 Å². The smallest absolute Gasteiger partial charge is 0.239 e. The lowest BCUT2D eigenvalue weighted by Gasteiger charge is -2.45. The van der Waals surface area contributed by atoms with Crippen LogP contribution in [-0.2, 0) is 43.0 Å². The first-order valence-corrected chi connectivity index (χ1v) is 14.6. The Morgan fingerprint density at radius 1 is 0.651 bits per heavy atom. The topological polar surface area (TPSA) is 59.1 Å². The van der Waals surface area contributed by atoms with Crippen molar-refractivity contribution < 1.29 is 19.1 Å². The SMILES string of the molecule is C=CC[C@]1([C@@]2(CC(OC)OC)C(=O)N(Cc3ccccc3)c3ccccc32)C(=O)N(Cc2ccccc2)c2ccccc21. The highest BCUT2D eigenvalue weighted by atomic mass is 16.7. The van der Waals surface area contributed by atoms with Gasteiger partial charge in [0.05, 0.1) is 18.5 Å². The molecule has 4 aromatic rings. The van der Waals surface area contributed by atoms with E-state index in [2.05, 4.69) is 6.58 Å². The normalized spacial score (nSPS) is 20.9. The monoisotopic (exact) mass is 572 g/mol. The summed E-state index contributed by atoms with van der Waals surface area (Å²) in [6, 6.07) is 35.6. The highest BCUT2D eigenvalue weighted by Crippen LogP contribution is 2.62. The van der Waals surface area contributed by atoms with Gasteiger partial charge in [0, 0.05) is 32.0 Å². The number of anilines is 2. The molecule has 0 aliphatic carbocycles. The van der Waals surface area contributed by atoms with Gasteiger partial charge >= 0.3 is 0 Å². The first-order chi connectivity index (χ1) is 21.0. The Morgan fingerprint density at radius 3 is 1.53 bits per heavy atom. The lowest BCUT2D eigenvalue weighted by atomic mass is 9.54. The van der Waals surface area contributed by atoms with Crippen LogP contribution in [-0.4, -0.2) is 32.3 Å². The molecule has 0 bridgehead atoms. The predicted molar refractivity (Wildman–Crippen MR) is 169 cm³/mol. The summed E-state index contributed by atoms with van der Waals surface area (Å²) in [7, 11) is 3.14. The van der Waals surface area contributed by atoms with Crippen LogP contribution in [0.3, 0.4) is 0 Å². The molecule has 43 heavy (non-hydrogen) atoms. The molecule has 2 atom stereocenters. The summed E-state index contributed by atoms with van der Waals surface area (Å²) in [5, 5.41) is 0. The largest absolute Gasteiger partial charge is 0.356 e. The standard InChI is InChI=1S/C37H36N2O4/c1-4-23-36(29-19-11-13-21-31(29)38(34(36)40)25-27-15-7-5-8-16-27)37(24-33(42-2)43-3)30-20-12-14-22-32(30)39(35(37)41)26-28-17-9-6-10-18-28/h4-22,33H,1,23-26H2,2-3H3/t36-,37-/m1/s1. The van der Waals surface area contributed by atoms with Gasteiger partial charge in [-0.2, -0.15) is 0 Å². The molecule has 0 saturated heterocycles. The minimum atomic E-state index is -1.35. The Morgan fingerprint density at radius 2 is 1.07 bits per heavy atom. The lowest BCUT2D eigenvalue weighted by molar-refractivity contribution is -0.148. The van der Waals surface area contributed by atoms with E-state index in [-0.39, 0.29) is 24.7 Å². The number of methoxy groups -OCH3 is 2. The Hall–Kier alpha value is -4.52. The van der Waals surface area contributed by atoms with Crippen LogP contribution < -0.4 is 9.80 Å². The summed E-state index contributed by atoms with van der Waals surface area (Å²) in [6.07, 6.45) is 1.44. The Kier molecular flexibility index (Phi) is 7.74. The van der Waals surface area contributed by atoms with Gasteiger partial charge in [-0.3, -0.25) is 9.59 Å². The summed E-state index contributed by atoms with van der Waals surface area (Å²) in [5.41, 5.74) is 2.56. The average molecular weight is 573 g/mol. The number of ether oxygens (including phenoxy) is 2. The third-order valence-corrected chi connectivity index (χ3v) is 9.07. The fourth-order valence-electron chi connectivity index (χ4n) is 7.19. The van der Waals surface area contributed by atoms with Crippen LogP contribution >= 0.6 is 0 Å². The van der Waals surface area contributed by atoms with E-state index in [0.29, 0.717) is 13.1 Å². The fourth-order valence-corrected chi connectivity index (χ4v) is 7.19. The quantitative estimate of drug-likeness (QED) is 0.151. The van der Waals surface area contributed by atoms with Crippen LogP contribution in [0.1, 0.15) is 35.1 Å². The molecular formula is C37H36N2O4. The second-order valence-electron chi connectivity index (χ2n) is 11.2. The highest BCUT2D eigenvalue weighted by Gasteiger charge is 2.70. The Labute approximate surface area is 253 Å². The summed E-state index contributed by atoms with van der Waals surface area (Å²) >= 11 is 0. The van der Waals surface area contributed by atoms with Crippen molar-refractivity contribution in [3.05, 3.63) is 144 Å². The van der Waals surface area contributed by atoms with Crippen molar-refractivity contribution in [3.63, 3.8) is 0 Å². The number of carbonyl (C=O) groups is 2. The molecule has 0 spiro atoms. The molecule has 6 rings (SSSR count). The number of amides is 2. The van der Waals surface area contributed by atoms with E-state index in [9.17, 15) is 0 Å². The Balaban J connectivity index is 1.62. The zero-order valence-electron chi connectivity index (χ0n) is 24.6. The van der Waals surface area contributed by atoms with Crippen LogP contribution in [0.4, 0.5) is 11.4 Å². The van der Waals surface area contributed by atoms with Gasteiger partial charge in [0.1, 0.15) is 5.41 Å². The van der Waals surface area contributed by atoms with Crippen molar-refractivity contribution in [2.75, 3.05) is 24.0 Å². The van der Waals surface area contributed by atoms with Gasteiger partial charge < -0.3 is 19.3 Å². The number of nitrogens with zero attached hydrogens (tertiary/aromatic N) is 2. The minimum absolute atomic E-state index is 0.131. The van der Waals surface area contributed by atoms with Crippen LogP contribution in [0.25, 0.3) is 0 Å². The molecule has 2 amide bonds. The maximum absolute atomic E-state index is 15.4. The third-order valence-electron chi connectivity index (χ3n) is 9.07. The molecule has 0 radical (unpaired) electrons. The maximum Gasteiger partial charge on any atom is 0.239 e. The van der Waals surface area contributed by atoms with Crippen molar-refractivity contribution in [1.82, 2.24) is 0 Å². The molecule has 2 aliphatic heterocycles. The number of hydrogen-bond donors (Lipinski definition) is 0. The molecule has 0 aromatic heterocycles. The van der Waals surface area contributed by atoms with Crippen molar-refractivity contribution in [2.24, 2.45) is 0 Å². The van der Waals surface area contributed by atoms with Gasteiger partial charge in [-0.05, 0) is 40.8 Å². The summed E-state index contributed by atoms with van der Waals surface area (Å²) in [5.74, 6) is -0.281. The molecule has 0 fully saturated rings. The van der Waals surface area contributed by atoms with E-state index in [1.165, 1.54) is 0 Å². The molecule has 0 N–H and O–H groups in total. The number of para-hydroxylation sites is 2. The molecule has 218 valence electrons. The predicted octanol–water partition coefficient (Wildman–Crippen LogP) is 6.54. The number of hydrogen-bond acceptors (Lipinski definition) is 4. The van der Waals surface area contributed by atoms with Gasteiger partial charge in [-0.25, -0.2) is 0 Å². The van der Waals surface area contributed by atoms with E-state index in [1.807, 2.05) is 119 Å². The summed E-state index contributed by atoms with van der Waals surface area (Å²) in [6.45, 7) is 4.87. The van der Waals surface area contributed by atoms with Crippen molar-refractivity contribution in [1.29, 1.82) is 0 Å². The van der Waals surface area contributed by atoms with Crippen LogP contribution in [0.5, 0.6) is 0 Å². The van der Waals surface area contributed by atoms with E-state index in [4.69, 9.17) is 9.47 Å². The van der Waals surface area contributed by atoms with Crippen LogP contribution in [0.2, 0.25) is 0 Å². The van der Waals surface area contributed by atoms with Crippen molar-refractivity contribution >= 4 is 23.2 Å². The highest BCUT2D eigenvalue weighted by molar-refractivity contribution is 6.18. The molecule has 0 saturated carbocycles. The summed E-state index contributed by atoms with van der Waals surface area (Å²) in [4.78, 5) is 34.3. The zero-order chi connectivity index (χ0) is 30.0. The molecule has 6 nitrogen and oxygen atoms in total. The van der Waals surface area contributed by atoms with Crippen LogP contribution in [0, 0.1) is 0 Å². The third kappa shape index (κ3) is 4.41. The number of benzene rings is 4. The van der Waals surface area contributed by atoms with Gasteiger partial charge in [0.2, 0.25) is 11.8 Å². The molecule has 6 heteroatoms. The first-order valence-electron chi connectivity index (χ1n) is 14.6. The van der Waals surface area contributed by atoms with Gasteiger partial charge in [-0.15, -0.1) is 6.58 Å². The van der Waals surface area contributed by atoms with Gasteiger partial charge in [0.25, 0.3) is 0 Å². The molecule has 0 unspecified atom stereocenters. The second-order valence-corrected chi connectivity index (χ2v) is 11.2. The van der Waals surface area contributed by atoms with Crippen molar-refractivity contribution in [3.8, 4) is 0 Å². The number of carbonyl (C=O) groups excluding carboxylic acids is 2. The lowest BCUT2D eigenvalue weighted by Crippen LogP contribution is -2.61. The number of fused-ring (bicyclic) bond motifs is 2. The van der Waals surface area contributed by atoms with E-state index < -0.39 is 17.1 Å². The molecule has 2 aliphatic rings. The fraction of sp³-hybridized carbons (Fsp3) is 0.243. The first kappa shape index (κ1) is 28.6. The van der Waals surface area contributed by atoms with E-state index >= 15 is 9.59 Å². The minimum Gasteiger partial charge on any atom is -0.356 e. The van der Waals surface area contributed by atoms with Crippen LogP contribution in [0.15, 0.2) is 122 Å². The average Bonchev–Trinajstić information content (AvgIpc) is 3.43.